The van der Waals surface area contributed by atoms with E-state index in [1.54, 1.807) is 6.08 Å². The summed E-state index contributed by atoms with van der Waals surface area (Å²) in [4.78, 5) is 13.2. The van der Waals surface area contributed by atoms with E-state index in [-0.39, 0.29) is 25.6 Å². The third kappa shape index (κ3) is 4.63. The van der Waals surface area contributed by atoms with Crippen LogP contribution in [0, 0.1) is 0 Å². The molecule has 0 spiro atoms. The topological polar surface area (TPSA) is 63.2 Å². The molecule has 2 heterocycles. The van der Waals surface area contributed by atoms with Gasteiger partial charge in [0.15, 0.2) is 30.6 Å². The summed E-state index contributed by atoms with van der Waals surface area (Å²) in [6.07, 6.45) is -2.08. The number of carbonyl (C=O) groups is 1. The number of hydrogen-bond donors (Lipinski definition) is 0. The van der Waals surface area contributed by atoms with Gasteiger partial charge in [-0.2, -0.15) is 0 Å². The van der Waals surface area contributed by atoms with Crippen molar-refractivity contribution in [1.82, 2.24) is 0 Å². The number of benzene rings is 2. The average molecular weight is 396 g/mol. The molecular weight excluding hydrogens is 372 g/mol. The number of ether oxygens (including phenoxy) is 5. The Morgan fingerprint density at radius 1 is 1.00 bits per heavy atom. The molecule has 2 aromatic carbocycles. The van der Waals surface area contributed by atoms with Crippen molar-refractivity contribution in [3.8, 4) is 0 Å². The van der Waals surface area contributed by atoms with Crippen molar-refractivity contribution in [1.29, 1.82) is 0 Å². The quantitative estimate of drug-likeness (QED) is 0.670. The van der Waals surface area contributed by atoms with Gasteiger partial charge in [-0.25, -0.2) is 0 Å². The predicted octanol–water partition coefficient (Wildman–Crippen LogP) is 3.18. The molecule has 0 unspecified atom stereocenters. The Balaban J connectivity index is 1.49. The van der Waals surface area contributed by atoms with Crippen molar-refractivity contribution >= 4 is 5.78 Å². The molecule has 29 heavy (non-hydrogen) atoms. The largest absolute Gasteiger partial charge is 0.360 e. The van der Waals surface area contributed by atoms with Crippen LogP contribution in [0.5, 0.6) is 0 Å². The lowest BCUT2D eigenvalue weighted by Crippen LogP contribution is -2.60. The van der Waals surface area contributed by atoms with Gasteiger partial charge in [-0.3, -0.25) is 4.79 Å². The molecule has 0 N–H and O–H groups in total. The van der Waals surface area contributed by atoms with E-state index in [0.717, 1.165) is 11.1 Å². The number of Topliss-reactive ketones (excluding diaryl/α,β-unsaturated/α-hetero) is 1. The maximum absolute atomic E-state index is 13.2. The van der Waals surface area contributed by atoms with Gasteiger partial charge in [-0.15, -0.1) is 6.58 Å². The molecular formula is C23H24O6. The van der Waals surface area contributed by atoms with E-state index in [1.807, 2.05) is 60.7 Å². The van der Waals surface area contributed by atoms with E-state index in [4.69, 9.17) is 23.7 Å². The van der Waals surface area contributed by atoms with Gasteiger partial charge in [0, 0.05) is 5.56 Å². The van der Waals surface area contributed by atoms with Crippen molar-refractivity contribution in [2.24, 2.45) is 0 Å². The van der Waals surface area contributed by atoms with Crippen molar-refractivity contribution in [3.05, 3.63) is 84.4 Å². The third-order valence-corrected chi connectivity index (χ3v) is 4.86. The molecule has 0 radical (unpaired) electrons. The summed E-state index contributed by atoms with van der Waals surface area (Å²) >= 11 is 0. The van der Waals surface area contributed by atoms with Crippen LogP contribution in [0.1, 0.15) is 17.4 Å². The lowest BCUT2D eigenvalue weighted by Gasteiger charge is -2.43. The molecule has 2 aliphatic rings. The van der Waals surface area contributed by atoms with E-state index in [2.05, 4.69) is 6.58 Å². The summed E-state index contributed by atoms with van der Waals surface area (Å²) in [6, 6.07) is 19.2. The van der Waals surface area contributed by atoms with Crippen LogP contribution in [-0.2, 0) is 35.1 Å². The van der Waals surface area contributed by atoms with Crippen LogP contribution in [0.25, 0.3) is 0 Å². The molecule has 6 heteroatoms. The number of hydrogen-bond acceptors (Lipinski definition) is 6. The summed E-state index contributed by atoms with van der Waals surface area (Å²) in [5.41, 5.74) is 1.81. The molecule has 0 aromatic heterocycles. The molecule has 5 atom stereocenters. The van der Waals surface area contributed by atoms with E-state index in [0.29, 0.717) is 0 Å². The summed E-state index contributed by atoms with van der Waals surface area (Å²) in [6.45, 7) is 4.40. The summed E-state index contributed by atoms with van der Waals surface area (Å²) < 4.78 is 29.3. The monoisotopic (exact) mass is 396 g/mol. The molecule has 152 valence electrons. The van der Waals surface area contributed by atoms with Gasteiger partial charge in [-0.1, -0.05) is 66.7 Å². The van der Waals surface area contributed by atoms with E-state index in [1.165, 1.54) is 0 Å². The number of ketones is 1. The highest BCUT2D eigenvalue weighted by Gasteiger charge is 2.50. The highest BCUT2D eigenvalue weighted by Crippen LogP contribution is 2.33. The van der Waals surface area contributed by atoms with Crippen LogP contribution in [0.2, 0.25) is 0 Å². The van der Waals surface area contributed by atoms with Crippen LogP contribution < -0.4 is 0 Å². The Bertz CT molecular complexity index is 809. The number of carbonyl (C=O) groups excluding carboxylic acids is 1. The standard InChI is InChI=1S/C23H24O6/c1-2-13-25-23-21(26-14-16-9-5-3-6-10-16)19(24)20-18(28-23)15-27-22(29-20)17-11-7-4-8-12-17/h2-12,18,20-23H,1,13-15H2/t18-,20-,21-,22+,23-/m1/s1. The van der Waals surface area contributed by atoms with Crippen LogP contribution in [0.3, 0.4) is 0 Å². The smallest absolute Gasteiger partial charge is 0.198 e. The van der Waals surface area contributed by atoms with Gasteiger partial charge in [-0.05, 0) is 5.56 Å². The number of fused-ring (bicyclic) bond motifs is 1. The fourth-order valence-electron chi connectivity index (χ4n) is 3.43. The molecule has 0 bridgehead atoms. The Kier molecular flexibility index (Phi) is 6.49. The predicted molar refractivity (Wildman–Crippen MR) is 105 cm³/mol. The minimum absolute atomic E-state index is 0.199. The first-order valence-corrected chi connectivity index (χ1v) is 9.65. The summed E-state index contributed by atoms with van der Waals surface area (Å²) in [5, 5.41) is 0. The van der Waals surface area contributed by atoms with E-state index in [9.17, 15) is 4.79 Å². The Labute approximate surface area is 170 Å². The first kappa shape index (κ1) is 19.9. The lowest BCUT2D eigenvalue weighted by molar-refractivity contribution is -0.320. The van der Waals surface area contributed by atoms with Gasteiger partial charge in [0.25, 0.3) is 0 Å². The Morgan fingerprint density at radius 3 is 2.45 bits per heavy atom. The molecule has 2 saturated heterocycles. The average Bonchev–Trinajstić information content (AvgIpc) is 2.78. The molecule has 2 aromatic rings. The lowest BCUT2D eigenvalue weighted by atomic mass is 9.99. The first-order chi connectivity index (χ1) is 14.3. The highest BCUT2D eigenvalue weighted by molar-refractivity contribution is 5.89. The Morgan fingerprint density at radius 2 is 1.72 bits per heavy atom. The zero-order valence-corrected chi connectivity index (χ0v) is 16.0. The highest BCUT2D eigenvalue weighted by atomic mass is 16.8. The first-order valence-electron chi connectivity index (χ1n) is 9.65. The van der Waals surface area contributed by atoms with Crippen molar-refractivity contribution in [2.45, 2.75) is 37.5 Å². The second-order valence-corrected chi connectivity index (χ2v) is 6.92. The minimum atomic E-state index is -0.897. The fraction of sp³-hybridized carbons (Fsp3) is 0.348. The van der Waals surface area contributed by atoms with Gasteiger partial charge in [0.1, 0.15) is 6.10 Å². The molecule has 2 aliphatic heterocycles. The van der Waals surface area contributed by atoms with Crippen molar-refractivity contribution in [2.75, 3.05) is 13.2 Å². The molecule has 0 aliphatic carbocycles. The van der Waals surface area contributed by atoms with Gasteiger partial charge in [0.05, 0.1) is 19.8 Å². The van der Waals surface area contributed by atoms with Crippen LogP contribution in [-0.4, -0.2) is 43.6 Å². The summed E-state index contributed by atoms with van der Waals surface area (Å²) in [7, 11) is 0. The molecule has 6 nitrogen and oxygen atoms in total. The molecule has 0 saturated carbocycles. The second-order valence-electron chi connectivity index (χ2n) is 6.92. The van der Waals surface area contributed by atoms with Crippen molar-refractivity contribution < 1.29 is 28.5 Å². The van der Waals surface area contributed by atoms with E-state index >= 15 is 0 Å². The zero-order chi connectivity index (χ0) is 20.1. The molecule has 2 fully saturated rings. The van der Waals surface area contributed by atoms with Crippen LogP contribution in [0.15, 0.2) is 73.3 Å². The SMILES string of the molecule is C=CCO[C@@H]1O[C@@H]2CO[C@H](c3ccccc3)O[C@H]2C(=O)[C@H]1OCc1ccccc1. The van der Waals surface area contributed by atoms with Gasteiger partial charge in [0.2, 0.25) is 0 Å². The maximum Gasteiger partial charge on any atom is 0.198 e. The normalized spacial score (nSPS) is 29.2. The van der Waals surface area contributed by atoms with Crippen LogP contribution >= 0.6 is 0 Å². The molecule has 4 rings (SSSR count). The number of rotatable bonds is 7. The van der Waals surface area contributed by atoms with Crippen LogP contribution in [0.4, 0.5) is 0 Å². The fourth-order valence-corrected chi connectivity index (χ4v) is 3.43. The third-order valence-electron chi connectivity index (χ3n) is 4.86. The Hall–Kier alpha value is -2.35. The minimum Gasteiger partial charge on any atom is -0.360 e. The van der Waals surface area contributed by atoms with Crippen molar-refractivity contribution in [3.63, 3.8) is 0 Å². The summed E-state index contributed by atoms with van der Waals surface area (Å²) in [5.74, 6) is -0.199. The second kappa shape index (κ2) is 9.43. The maximum atomic E-state index is 13.2. The molecule has 0 amide bonds. The van der Waals surface area contributed by atoms with Gasteiger partial charge < -0.3 is 23.7 Å². The zero-order valence-electron chi connectivity index (χ0n) is 16.0. The van der Waals surface area contributed by atoms with Gasteiger partial charge >= 0.3 is 0 Å². The van der Waals surface area contributed by atoms with E-state index < -0.39 is 30.9 Å².